The Hall–Kier alpha value is -2.94. The van der Waals surface area contributed by atoms with Gasteiger partial charge in [0.1, 0.15) is 15.7 Å². The van der Waals surface area contributed by atoms with E-state index in [1.165, 1.54) is 17.0 Å². The number of hydrogen-bond donors (Lipinski definition) is 0. The molecule has 1 amide bonds. The fourth-order valence-electron chi connectivity index (χ4n) is 6.24. The summed E-state index contributed by atoms with van der Waals surface area (Å²) >= 11 is 0. The Morgan fingerprint density at radius 1 is 1.16 bits per heavy atom. The molecule has 0 N–H and O–H groups in total. The number of nitriles is 1. The molecule has 2 heterocycles. The molecule has 4 fully saturated rings. The number of anilines is 1. The van der Waals surface area contributed by atoms with Gasteiger partial charge >= 0.3 is 5.92 Å². The van der Waals surface area contributed by atoms with Gasteiger partial charge in [-0.1, -0.05) is 5.16 Å². The van der Waals surface area contributed by atoms with Gasteiger partial charge in [0, 0.05) is 30.5 Å². The zero-order valence-electron chi connectivity index (χ0n) is 21.1. The lowest BCUT2D eigenvalue weighted by molar-refractivity contribution is -0.123. The maximum absolute atomic E-state index is 14.4. The largest absolute Gasteiger partial charge is 0.333 e. The number of benzene rings is 1. The van der Waals surface area contributed by atoms with E-state index in [4.69, 9.17) is 4.52 Å². The number of halogens is 3. The first kappa shape index (κ1) is 26.7. The molecule has 6 rings (SSSR count). The van der Waals surface area contributed by atoms with Gasteiger partial charge in [0.15, 0.2) is 5.82 Å². The standard InChI is InChI=1S/C26H29F3N4O4S/c1-24(28,29)23-31-22(32-37-23)26-7-4-25(5-8-26,6-9-26)16-33(20-13-17(15-30)12-19(27)14-20)21(34)18-2-10-38(35,36)11-3-18/h12-14,18H,2-11,16H2,1H3. The highest BCUT2D eigenvalue weighted by atomic mass is 32.2. The molecule has 204 valence electrons. The van der Waals surface area contributed by atoms with Crippen LogP contribution in [0.3, 0.4) is 0 Å². The summed E-state index contributed by atoms with van der Waals surface area (Å²) in [5.41, 5.74) is -0.384. The van der Waals surface area contributed by atoms with E-state index in [2.05, 4.69) is 10.1 Å². The molecule has 0 atom stereocenters. The summed E-state index contributed by atoms with van der Waals surface area (Å²) in [6.45, 7) is 1.01. The van der Waals surface area contributed by atoms with Gasteiger partial charge in [-0.15, -0.1) is 0 Å². The fraction of sp³-hybridized carbons (Fsp3) is 0.615. The van der Waals surface area contributed by atoms with Gasteiger partial charge in [0.25, 0.3) is 5.89 Å². The van der Waals surface area contributed by atoms with E-state index in [9.17, 15) is 31.6 Å². The van der Waals surface area contributed by atoms with E-state index in [1.54, 1.807) is 0 Å². The Kier molecular flexibility index (Phi) is 6.57. The van der Waals surface area contributed by atoms with Crippen LogP contribution in [0.5, 0.6) is 0 Å². The third kappa shape index (κ3) is 5.05. The molecule has 1 aromatic carbocycles. The smallest absolute Gasteiger partial charge is 0.322 e. The first-order chi connectivity index (χ1) is 17.8. The highest BCUT2D eigenvalue weighted by Gasteiger charge is 2.53. The molecular formula is C26H29F3N4O4S. The van der Waals surface area contributed by atoms with E-state index >= 15 is 0 Å². The van der Waals surface area contributed by atoms with Crippen LogP contribution in [0.2, 0.25) is 0 Å². The highest BCUT2D eigenvalue weighted by Crippen LogP contribution is 2.57. The minimum Gasteiger partial charge on any atom is -0.333 e. The molecule has 0 unspecified atom stereocenters. The zero-order valence-corrected chi connectivity index (χ0v) is 21.9. The van der Waals surface area contributed by atoms with Gasteiger partial charge < -0.3 is 9.42 Å². The molecule has 1 aliphatic heterocycles. The number of amides is 1. The number of nitrogens with zero attached hydrogens (tertiary/aromatic N) is 4. The van der Waals surface area contributed by atoms with Crippen molar-refractivity contribution in [1.82, 2.24) is 10.1 Å². The molecule has 3 saturated carbocycles. The fourth-order valence-corrected chi connectivity index (χ4v) is 7.73. The van der Waals surface area contributed by atoms with Crippen LogP contribution in [0, 0.1) is 28.5 Å². The Morgan fingerprint density at radius 2 is 1.79 bits per heavy atom. The first-order valence-electron chi connectivity index (χ1n) is 12.8. The van der Waals surface area contributed by atoms with Crippen LogP contribution < -0.4 is 4.90 Å². The SMILES string of the molecule is CC(F)(F)c1nc(C23CCC(CN(C(=O)C4CCS(=O)(=O)CC4)c4cc(F)cc(C#N)c4)(CC2)CC3)no1. The maximum Gasteiger partial charge on any atom is 0.322 e. The van der Waals surface area contributed by atoms with Crippen LogP contribution in [0.4, 0.5) is 18.9 Å². The average molecular weight is 551 g/mol. The molecule has 0 spiro atoms. The van der Waals surface area contributed by atoms with Crippen LogP contribution in [-0.4, -0.2) is 42.5 Å². The molecule has 4 aliphatic rings. The predicted molar refractivity (Wildman–Crippen MR) is 131 cm³/mol. The van der Waals surface area contributed by atoms with Crippen LogP contribution >= 0.6 is 0 Å². The number of aromatic nitrogens is 2. The van der Waals surface area contributed by atoms with Gasteiger partial charge in [-0.25, -0.2) is 12.8 Å². The molecule has 1 aromatic heterocycles. The van der Waals surface area contributed by atoms with E-state index < -0.39 is 38.8 Å². The molecule has 38 heavy (non-hydrogen) atoms. The normalized spacial score (nSPS) is 27.1. The maximum atomic E-state index is 14.4. The van der Waals surface area contributed by atoms with Crippen LogP contribution in [-0.2, 0) is 26.0 Å². The summed E-state index contributed by atoms with van der Waals surface area (Å²) in [4.78, 5) is 19.3. The van der Waals surface area contributed by atoms with Gasteiger partial charge in [0.2, 0.25) is 5.91 Å². The summed E-state index contributed by atoms with van der Waals surface area (Å²) in [5.74, 6) is -5.17. The molecule has 1 saturated heterocycles. The van der Waals surface area contributed by atoms with Crippen molar-refractivity contribution in [1.29, 1.82) is 5.26 Å². The number of alkyl halides is 2. The van der Waals surface area contributed by atoms with Gasteiger partial charge in [-0.05, 0) is 75.0 Å². The van der Waals surface area contributed by atoms with E-state index in [0.717, 1.165) is 6.07 Å². The molecule has 8 nitrogen and oxygen atoms in total. The molecule has 2 aromatic rings. The number of rotatable bonds is 6. The van der Waals surface area contributed by atoms with Crippen molar-refractivity contribution in [3.63, 3.8) is 0 Å². The van der Waals surface area contributed by atoms with Gasteiger partial charge in [-0.2, -0.15) is 19.0 Å². The minimum atomic E-state index is -3.22. The number of carbonyl (C=O) groups excluding carboxylic acids is 1. The molecule has 3 aliphatic carbocycles. The molecule has 2 bridgehead atoms. The lowest BCUT2D eigenvalue weighted by Gasteiger charge is -2.53. The lowest BCUT2D eigenvalue weighted by atomic mass is 9.53. The van der Waals surface area contributed by atoms with Crippen LogP contribution in [0.15, 0.2) is 22.7 Å². The van der Waals surface area contributed by atoms with Crippen molar-refractivity contribution < 1.29 is 30.9 Å². The second-order valence-corrected chi connectivity index (χ2v) is 13.6. The second-order valence-electron chi connectivity index (χ2n) is 11.3. The van der Waals surface area contributed by atoms with E-state index in [0.29, 0.717) is 57.8 Å². The van der Waals surface area contributed by atoms with Crippen LogP contribution in [0.25, 0.3) is 0 Å². The van der Waals surface area contributed by atoms with E-state index in [1.807, 2.05) is 6.07 Å². The van der Waals surface area contributed by atoms with Crippen molar-refractivity contribution in [2.45, 2.75) is 69.6 Å². The minimum absolute atomic E-state index is 0.0685. The highest BCUT2D eigenvalue weighted by molar-refractivity contribution is 7.91. The third-order valence-corrected chi connectivity index (χ3v) is 10.4. The van der Waals surface area contributed by atoms with Crippen molar-refractivity contribution >= 4 is 21.4 Å². The molecular weight excluding hydrogens is 521 g/mol. The second kappa shape index (κ2) is 9.36. The van der Waals surface area contributed by atoms with Crippen molar-refractivity contribution in [3.05, 3.63) is 41.3 Å². The summed E-state index contributed by atoms with van der Waals surface area (Å²) < 4.78 is 70.5. The Morgan fingerprint density at radius 3 is 2.34 bits per heavy atom. The topological polar surface area (TPSA) is 117 Å². The summed E-state index contributed by atoms with van der Waals surface area (Å²) in [6, 6.07) is 5.75. The Balaban J connectivity index is 1.40. The molecule has 0 radical (unpaired) electrons. The predicted octanol–water partition coefficient (Wildman–Crippen LogP) is 4.64. The third-order valence-electron chi connectivity index (χ3n) is 8.66. The van der Waals surface area contributed by atoms with Gasteiger partial charge in [0.05, 0.1) is 23.1 Å². The molecule has 12 heteroatoms. The average Bonchev–Trinajstić information content (AvgIpc) is 3.40. The summed E-state index contributed by atoms with van der Waals surface area (Å²) in [7, 11) is -3.18. The first-order valence-corrected chi connectivity index (χ1v) is 14.6. The number of fused-ring (bicyclic) bond motifs is 3. The number of sulfone groups is 1. The summed E-state index contributed by atoms with van der Waals surface area (Å²) in [6.07, 6.45) is 4.37. The van der Waals surface area contributed by atoms with Crippen LogP contribution in [0.1, 0.15) is 75.6 Å². The van der Waals surface area contributed by atoms with Crippen molar-refractivity contribution in [2.24, 2.45) is 11.3 Å². The van der Waals surface area contributed by atoms with Crippen molar-refractivity contribution in [2.75, 3.05) is 23.0 Å². The van der Waals surface area contributed by atoms with E-state index in [-0.39, 0.29) is 46.9 Å². The number of carbonyl (C=O) groups is 1. The Bertz CT molecular complexity index is 1360. The quantitative estimate of drug-likeness (QED) is 0.514. The zero-order chi connectivity index (χ0) is 27.3. The Labute approximate surface area is 219 Å². The van der Waals surface area contributed by atoms with Gasteiger partial charge in [-0.3, -0.25) is 4.79 Å². The monoisotopic (exact) mass is 550 g/mol. The number of hydrogen-bond acceptors (Lipinski definition) is 7. The van der Waals surface area contributed by atoms with Crippen molar-refractivity contribution in [3.8, 4) is 6.07 Å². The summed E-state index contributed by atoms with van der Waals surface area (Å²) in [5, 5.41) is 13.3. The lowest BCUT2D eigenvalue weighted by Crippen LogP contribution is -2.52.